The van der Waals surface area contributed by atoms with E-state index in [0.29, 0.717) is 18.4 Å². The number of aliphatic hydroxyl groups excluding tert-OH is 2. The molecule has 0 aromatic heterocycles. The van der Waals surface area contributed by atoms with E-state index in [1.54, 1.807) is 12.1 Å². The van der Waals surface area contributed by atoms with Crippen molar-refractivity contribution in [3.8, 4) is 0 Å². The minimum absolute atomic E-state index is 0.0112. The van der Waals surface area contributed by atoms with E-state index in [4.69, 9.17) is 0 Å². The van der Waals surface area contributed by atoms with Crippen molar-refractivity contribution >= 4 is 26.5 Å². The normalized spacial score (nSPS) is 22.2. The fourth-order valence-corrected chi connectivity index (χ4v) is 5.08. The van der Waals surface area contributed by atoms with Crippen molar-refractivity contribution in [1.82, 2.24) is 4.31 Å². The van der Waals surface area contributed by atoms with Crippen LogP contribution in [0.4, 0.5) is 5.69 Å². The van der Waals surface area contributed by atoms with Gasteiger partial charge in [-0.1, -0.05) is 24.3 Å². The molecule has 0 radical (unpaired) electrons. The number of β-amino-alcohol motifs (C(OH)–C–C–N with tert-alkyl or cyclic N) is 1. The van der Waals surface area contributed by atoms with Gasteiger partial charge in [-0.25, -0.2) is 8.42 Å². The van der Waals surface area contributed by atoms with Gasteiger partial charge in [0.15, 0.2) is 0 Å². The van der Waals surface area contributed by atoms with Gasteiger partial charge in [-0.15, -0.1) is 0 Å². The molecule has 25 heavy (non-hydrogen) atoms. The number of hydrogen-bond acceptors (Lipinski definition) is 5. The first kappa shape index (κ1) is 18.1. The molecule has 2 aromatic rings. The summed E-state index contributed by atoms with van der Waals surface area (Å²) in [5, 5.41) is 20.9. The summed E-state index contributed by atoms with van der Waals surface area (Å²) in [5.74, 6) is -0.265. The zero-order valence-electron chi connectivity index (χ0n) is 14.5. The predicted octanol–water partition coefficient (Wildman–Crippen LogP) is 1.27. The van der Waals surface area contributed by atoms with Gasteiger partial charge in [0.25, 0.3) is 0 Å². The molecule has 1 fully saturated rings. The van der Waals surface area contributed by atoms with Crippen LogP contribution in [0.25, 0.3) is 10.8 Å². The highest BCUT2D eigenvalue weighted by Gasteiger charge is 2.35. The molecule has 2 atom stereocenters. The van der Waals surface area contributed by atoms with Crippen molar-refractivity contribution in [2.75, 3.05) is 38.7 Å². The van der Waals surface area contributed by atoms with E-state index in [1.807, 2.05) is 43.3 Å². The molecule has 2 unspecified atom stereocenters. The lowest BCUT2D eigenvalue weighted by Gasteiger charge is -2.34. The van der Waals surface area contributed by atoms with Crippen molar-refractivity contribution in [3.05, 3.63) is 36.4 Å². The summed E-state index contributed by atoms with van der Waals surface area (Å²) in [6.45, 7) is 0.182. The molecule has 2 N–H and O–H groups in total. The lowest BCUT2D eigenvalue weighted by atomic mass is 9.96. The molecule has 1 heterocycles. The molecule has 6 nitrogen and oxygen atoms in total. The first-order chi connectivity index (χ1) is 11.9. The van der Waals surface area contributed by atoms with Gasteiger partial charge in [-0.05, 0) is 18.6 Å². The molecule has 1 saturated heterocycles. The largest absolute Gasteiger partial charge is 0.396 e. The second kappa shape index (κ2) is 6.92. The van der Waals surface area contributed by atoms with Crippen LogP contribution in [0.3, 0.4) is 0 Å². The lowest BCUT2D eigenvalue weighted by molar-refractivity contribution is 0.0222. The van der Waals surface area contributed by atoms with E-state index in [9.17, 15) is 18.6 Å². The molecule has 0 spiro atoms. The summed E-state index contributed by atoms with van der Waals surface area (Å²) in [4.78, 5) is 2.21. The average Bonchev–Trinajstić information content (AvgIpc) is 2.60. The Kier molecular flexibility index (Phi) is 5.02. The topological polar surface area (TPSA) is 81.1 Å². The molecule has 0 saturated carbocycles. The van der Waals surface area contributed by atoms with Crippen LogP contribution in [0.1, 0.15) is 6.42 Å². The number of benzene rings is 2. The van der Waals surface area contributed by atoms with Crippen LogP contribution in [0.5, 0.6) is 0 Å². The Labute approximate surface area is 148 Å². The van der Waals surface area contributed by atoms with Gasteiger partial charge in [-0.2, -0.15) is 4.31 Å². The number of anilines is 1. The highest BCUT2D eigenvalue weighted by molar-refractivity contribution is 7.89. The fraction of sp³-hybridized carbons (Fsp3) is 0.444. The first-order valence-corrected chi connectivity index (χ1v) is 9.78. The molecule has 0 amide bonds. The number of piperidine rings is 1. The van der Waals surface area contributed by atoms with Crippen LogP contribution in [-0.4, -0.2) is 62.8 Å². The van der Waals surface area contributed by atoms with E-state index in [0.717, 1.165) is 11.1 Å². The molecule has 0 aliphatic carbocycles. The number of fused-ring (bicyclic) bond motifs is 1. The number of nitrogens with zero attached hydrogens (tertiary/aromatic N) is 2. The molecule has 3 rings (SSSR count). The Morgan fingerprint density at radius 1 is 1.16 bits per heavy atom. The fourth-order valence-electron chi connectivity index (χ4n) is 3.40. The van der Waals surface area contributed by atoms with E-state index >= 15 is 0 Å². The van der Waals surface area contributed by atoms with Crippen molar-refractivity contribution in [2.45, 2.75) is 17.4 Å². The predicted molar refractivity (Wildman–Crippen MR) is 98.2 cm³/mol. The lowest BCUT2D eigenvalue weighted by Crippen LogP contribution is -2.47. The molecule has 0 bridgehead atoms. The number of aliphatic hydroxyl groups is 2. The van der Waals surface area contributed by atoms with Gasteiger partial charge < -0.3 is 15.1 Å². The SMILES string of the molecule is CN(C)c1cccc2c(S(=O)(=O)N3CCC(CO)C(O)C3)cccc12. The van der Waals surface area contributed by atoms with E-state index in [1.165, 1.54) is 4.31 Å². The van der Waals surface area contributed by atoms with Crippen LogP contribution in [-0.2, 0) is 10.0 Å². The smallest absolute Gasteiger partial charge is 0.243 e. The molecular weight excluding hydrogens is 340 g/mol. The first-order valence-electron chi connectivity index (χ1n) is 8.34. The van der Waals surface area contributed by atoms with Crippen molar-refractivity contribution < 1.29 is 18.6 Å². The van der Waals surface area contributed by atoms with Gasteiger partial charge in [0.1, 0.15) is 0 Å². The third kappa shape index (κ3) is 3.25. The van der Waals surface area contributed by atoms with E-state index in [2.05, 4.69) is 0 Å². The minimum Gasteiger partial charge on any atom is -0.396 e. The van der Waals surface area contributed by atoms with Crippen LogP contribution < -0.4 is 4.90 Å². The average molecular weight is 364 g/mol. The molecular formula is C18H24N2O4S. The quantitative estimate of drug-likeness (QED) is 0.854. The Morgan fingerprint density at radius 3 is 2.48 bits per heavy atom. The summed E-state index contributed by atoms with van der Waals surface area (Å²) in [7, 11) is 0.123. The zero-order chi connectivity index (χ0) is 18.2. The maximum atomic E-state index is 13.2. The monoisotopic (exact) mass is 364 g/mol. The Morgan fingerprint density at radius 2 is 1.84 bits per heavy atom. The van der Waals surface area contributed by atoms with Crippen molar-refractivity contribution in [3.63, 3.8) is 0 Å². The van der Waals surface area contributed by atoms with E-state index < -0.39 is 16.1 Å². The Hall–Kier alpha value is -1.67. The zero-order valence-corrected chi connectivity index (χ0v) is 15.3. The van der Waals surface area contributed by atoms with Crippen molar-refractivity contribution in [2.24, 2.45) is 5.92 Å². The second-order valence-corrected chi connectivity index (χ2v) is 8.59. The van der Waals surface area contributed by atoms with E-state index in [-0.39, 0.29) is 24.0 Å². The van der Waals surface area contributed by atoms with Crippen LogP contribution in [0.2, 0.25) is 0 Å². The van der Waals surface area contributed by atoms with Crippen LogP contribution >= 0.6 is 0 Å². The summed E-state index contributed by atoms with van der Waals surface area (Å²) in [6.07, 6.45) is -0.397. The van der Waals surface area contributed by atoms with Gasteiger partial charge >= 0.3 is 0 Å². The van der Waals surface area contributed by atoms with Crippen LogP contribution in [0.15, 0.2) is 41.3 Å². The maximum absolute atomic E-state index is 13.2. The molecule has 136 valence electrons. The summed E-state index contributed by atoms with van der Waals surface area (Å²) < 4.78 is 27.6. The van der Waals surface area contributed by atoms with Gasteiger partial charge in [0.2, 0.25) is 10.0 Å². The number of hydrogen-bond donors (Lipinski definition) is 2. The molecule has 2 aromatic carbocycles. The Bertz CT molecular complexity index is 867. The number of sulfonamides is 1. The summed E-state index contributed by atoms with van der Waals surface area (Å²) >= 11 is 0. The summed E-state index contributed by atoms with van der Waals surface area (Å²) in [5.41, 5.74) is 0.952. The van der Waals surface area contributed by atoms with Gasteiger partial charge in [-0.3, -0.25) is 0 Å². The van der Waals surface area contributed by atoms with Crippen molar-refractivity contribution in [1.29, 1.82) is 0 Å². The number of rotatable bonds is 4. The third-order valence-electron chi connectivity index (χ3n) is 4.88. The summed E-state index contributed by atoms with van der Waals surface area (Å²) in [6, 6.07) is 10.9. The Balaban J connectivity index is 2.05. The standard InChI is InChI=1S/C18H24N2O4S/c1-19(2)16-7-3-6-15-14(16)5-4-8-18(15)25(23,24)20-10-9-13(12-21)17(22)11-20/h3-8,13,17,21-22H,9-12H2,1-2H3. The highest BCUT2D eigenvalue weighted by Crippen LogP contribution is 2.32. The van der Waals surface area contributed by atoms with Gasteiger partial charge in [0.05, 0.1) is 11.0 Å². The molecule has 1 aliphatic rings. The molecule has 1 aliphatic heterocycles. The second-order valence-electron chi connectivity index (χ2n) is 6.68. The van der Waals surface area contributed by atoms with Gasteiger partial charge in [0, 0.05) is 56.2 Å². The maximum Gasteiger partial charge on any atom is 0.243 e. The minimum atomic E-state index is -3.72. The third-order valence-corrected chi connectivity index (χ3v) is 6.80. The van der Waals surface area contributed by atoms with Crippen LogP contribution in [0, 0.1) is 5.92 Å². The highest BCUT2D eigenvalue weighted by atomic mass is 32.2. The molecule has 7 heteroatoms.